The summed E-state index contributed by atoms with van der Waals surface area (Å²) in [5.41, 5.74) is 4.53. The molecule has 6 aromatic carbocycles. The molecule has 0 fully saturated rings. The fourth-order valence-electron chi connectivity index (χ4n) is 5.65. The van der Waals surface area contributed by atoms with Gasteiger partial charge in [0.25, 0.3) is 0 Å². The topological polar surface area (TPSA) is 108 Å². The van der Waals surface area contributed by atoms with Crippen molar-refractivity contribution >= 4 is 18.7 Å². The van der Waals surface area contributed by atoms with Crippen molar-refractivity contribution in [3.63, 3.8) is 0 Å². The summed E-state index contributed by atoms with van der Waals surface area (Å²) in [7, 11) is -3.23. The smallest absolute Gasteiger partial charge is 0.807 e. The van der Waals surface area contributed by atoms with Crippen LogP contribution in [0.4, 0.5) is 0 Å². The van der Waals surface area contributed by atoms with Crippen LogP contribution in [0.2, 0.25) is 0 Å². The van der Waals surface area contributed by atoms with Gasteiger partial charge in [0.05, 0.1) is 7.11 Å². The maximum Gasteiger partial charge on any atom is 1.00 e. The van der Waals surface area contributed by atoms with E-state index in [1.54, 1.807) is 31.4 Å². The standard InChI is InChI=1S/C41H35O7P.2K/c1-28-4-16-35(17-5-28)47-37-22-12-32(13-23-37)41(2,31-10-20-34(46-3)21-11-31)33-14-24-38(25-15-33)48-36-18-6-29(7-19-36)40(42)30-8-26-39(27-9-30)49(43,44)45;;/h4-27H,1-3H3,(H2,43,44,45);;/q;2*+1/p-2. The van der Waals surface area contributed by atoms with E-state index >= 15 is 0 Å². The quantitative estimate of drug-likeness (QED) is 0.0861. The van der Waals surface area contributed by atoms with Gasteiger partial charge in [-0.05, 0) is 116 Å². The summed E-state index contributed by atoms with van der Waals surface area (Å²) in [6, 6.07) is 43.7. The Labute approximate surface area is 383 Å². The van der Waals surface area contributed by atoms with Gasteiger partial charge in [-0.25, -0.2) is 0 Å². The van der Waals surface area contributed by atoms with Crippen LogP contribution in [0.3, 0.4) is 0 Å². The first-order valence-corrected chi connectivity index (χ1v) is 17.1. The van der Waals surface area contributed by atoms with Crippen LogP contribution in [0, 0.1) is 6.92 Å². The van der Waals surface area contributed by atoms with Crippen molar-refractivity contribution in [2.75, 3.05) is 7.11 Å². The number of carbonyl (C=O) groups excluding carboxylic acids is 1. The number of rotatable bonds is 11. The molecule has 51 heavy (non-hydrogen) atoms. The van der Waals surface area contributed by atoms with E-state index < -0.39 is 13.0 Å². The van der Waals surface area contributed by atoms with Crippen molar-refractivity contribution in [3.05, 3.63) is 179 Å². The van der Waals surface area contributed by atoms with Crippen molar-refractivity contribution < 1.29 is 136 Å². The number of hydrogen-bond donors (Lipinski definition) is 0. The largest absolute Gasteiger partial charge is 1.00 e. The molecule has 10 heteroatoms. The summed E-state index contributed by atoms with van der Waals surface area (Å²) in [5.74, 6) is 3.16. The van der Waals surface area contributed by atoms with Gasteiger partial charge in [-0.1, -0.05) is 78.4 Å². The zero-order chi connectivity index (χ0) is 34.6. The number of ether oxygens (including phenoxy) is 3. The number of ketones is 1. The fraction of sp³-hybridized carbons (Fsp3) is 0.0976. The normalized spacial score (nSPS) is 12.0. The Morgan fingerprint density at radius 1 is 0.529 bits per heavy atom. The Morgan fingerprint density at radius 3 is 1.20 bits per heavy atom. The molecule has 6 rings (SSSR count). The van der Waals surface area contributed by atoms with Crippen LogP contribution in [-0.4, -0.2) is 12.9 Å². The first-order chi connectivity index (χ1) is 23.5. The molecular weight excluding hydrogens is 714 g/mol. The fourth-order valence-corrected chi connectivity index (χ4v) is 6.17. The summed E-state index contributed by atoms with van der Waals surface area (Å²) < 4.78 is 28.9. The van der Waals surface area contributed by atoms with Crippen molar-refractivity contribution in [3.8, 4) is 28.7 Å². The second kappa shape index (κ2) is 18.2. The van der Waals surface area contributed by atoms with Gasteiger partial charge in [0.15, 0.2) is 5.78 Å². The molecule has 0 bridgehead atoms. The third-order valence-electron chi connectivity index (χ3n) is 8.59. The molecule has 0 aromatic heterocycles. The first kappa shape index (κ1) is 41.6. The van der Waals surface area contributed by atoms with Gasteiger partial charge in [-0.15, -0.1) is 0 Å². The van der Waals surface area contributed by atoms with E-state index in [9.17, 15) is 19.1 Å². The molecule has 1 atom stereocenters. The average molecular weight is 747 g/mol. The van der Waals surface area contributed by atoms with Crippen LogP contribution >= 0.6 is 7.60 Å². The molecule has 0 saturated heterocycles. The zero-order valence-electron chi connectivity index (χ0n) is 29.2. The second-order valence-corrected chi connectivity index (χ2v) is 13.3. The number of hydrogen-bond acceptors (Lipinski definition) is 7. The van der Waals surface area contributed by atoms with Crippen LogP contribution in [0.5, 0.6) is 28.7 Å². The molecule has 0 amide bonds. The molecule has 0 aliphatic carbocycles. The predicted molar refractivity (Wildman–Crippen MR) is 186 cm³/mol. The Bertz CT molecular complexity index is 2100. The number of carbonyl (C=O) groups is 1. The van der Waals surface area contributed by atoms with Gasteiger partial charge in [0, 0.05) is 16.5 Å². The van der Waals surface area contributed by atoms with Crippen LogP contribution < -0.4 is 132 Å². The van der Waals surface area contributed by atoms with Gasteiger partial charge < -0.3 is 28.6 Å². The zero-order valence-corrected chi connectivity index (χ0v) is 36.3. The number of aryl methyl sites for hydroxylation is 1. The van der Waals surface area contributed by atoms with Crippen LogP contribution in [0.25, 0.3) is 0 Å². The first-order valence-electron chi connectivity index (χ1n) is 15.6. The molecule has 0 radical (unpaired) electrons. The summed E-state index contributed by atoms with van der Waals surface area (Å²) in [6.07, 6.45) is 0. The molecule has 0 spiro atoms. The second-order valence-electron chi connectivity index (χ2n) is 11.8. The Hall–Kier alpha value is -2.19. The van der Waals surface area contributed by atoms with Gasteiger partial charge in [0.2, 0.25) is 0 Å². The van der Waals surface area contributed by atoms with Gasteiger partial charge in [-0.2, -0.15) is 0 Å². The summed E-state index contributed by atoms with van der Waals surface area (Å²) in [4.78, 5) is 35.4. The Balaban J connectivity index is 0.00000292. The van der Waals surface area contributed by atoms with Crippen LogP contribution in [0.15, 0.2) is 146 Å². The van der Waals surface area contributed by atoms with Gasteiger partial charge in [0.1, 0.15) is 28.7 Å². The number of methoxy groups -OCH3 is 1. The van der Waals surface area contributed by atoms with Crippen molar-refractivity contribution in [1.29, 1.82) is 0 Å². The van der Waals surface area contributed by atoms with Gasteiger partial charge >= 0.3 is 103 Å². The van der Waals surface area contributed by atoms with Crippen molar-refractivity contribution in [2.45, 2.75) is 19.3 Å². The Kier molecular flexibility index (Phi) is 14.9. The molecule has 0 heterocycles. The van der Waals surface area contributed by atoms with Crippen molar-refractivity contribution in [1.82, 2.24) is 0 Å². The summed E-state index contributed by atoms with van der Waals surface area (Å²) >= 11 is 0. The minimum atomic E-state index is -4.88. The maximum absolute atomic E-state index is 12.9. The van der Waals surface area contributed by atoms with E-state index in [1.165, 1.54) is 17.7 Å². The van der Waals surface area contributed by atoms with E-state index in [4.69, 9.17) is 14.2 Å². The van der Waals surface area contributed by atoms with Gasteiger partial charge in [-0.3, -0.25) is 4.79 Å². The number of benzene rings is 6. The van der Waals surface area contributed by atoms with E-state index in [0.29, 0.717) is 17.1 Å². The van der Waals surface area contributed by atoms with E-state index in [1.807, 2.05) is 79.7 Å². The van der Waals surface area contributed by atoms with Crippen LogP contribution in [-0.2, 0) is 9.98 Å². The maximum atomic E-state index is 12.9. The summed E-state index contributed by atoms with van der Waals surface area (Å²) in [6.45, 7) is 4.23. The minimum Gasteiger partial charge on any atom is -0.807 e. The molecular formula is C41H33K2O7P. The minimum absolute atomic E-state index is 0. The molecule has 1 unspecified atom stereocenters. The van der Waals surface area contributed by atoms with Crippen molar-refractivity contribution in [2.24, 2.45) is 0 Å². The molecule has 7 nitrogen and oxygen atoms in total. The molecule has 246 valence electrons. The monoisotopic (exact) mass is 746 g/mol. The van der Waals surface area contributed by atoms with E-state index in [0.717, 1.165) is 46.1 Å². The molecule has 0 aliphatic heterocycles. The van der Waals surface area contributed by atoms with E-state index in [2.05, 4.69) is 31.2 Å². The average Bonchev–Trinajstić information content (AvgIpc) is 3.12. The summed E-state index contributed by atoms with van der Waals surface area (Å²) in [5, 5.41) is -0.357. The predicted octanol–water partition coefficient (Wildman–Crippen LogP) is 1.72. The third kappa shape index (κ3) is 10.1. The van der Waals surface area contributed by atoms with Crippen LogP contribution in [0.1, 0.15) is 45.1 Å². The molecule has 0 aliphatic rings. The molecule has 6 aromatic rings. The molecule has 0 saturated carbocycles. The molecule has 0 N–H and O–H groups in total. The Morgan fingerprint density at radius 2 is 0.843 bits per heavy atom. The van der Waals surface area contributed by atoms with E-state index in [-0.39, 0.29) is 119 Å². The SMILES string of the molecule is COc1ccc(C(C)(c2ccc(Oc3ccc(C)cc3)cc2)c2ccc(Oc3ccc(C(=O)c4ccc(P(=O)([O-])[O-])cc4)cc3)cc2)cc1.[K+].[K+]. The third-order valence-corrected chi connectivity index (χ3v) is 9.52.